The molecule has 0 spiro atoms. The van der Waals surface area contributed by atoms with Gasteiger partial charge < -0.3 is 10.1 Å². The van der Waals surface area contributed by atoms with E-state index in [4.69, 9.17) is 0 Å². The van der Waals surface area contributed by atoms with Gasteiger partial charge in [0.15, 0.2) is 0 Å². The van der Waals surface area contributed by atoms with Gasteiger partial charge in [-0.3, -0.25) is 9.59 Å². The molecule has 74 valence electrons. The molecule has 1 rings (SSSR count). The summed E-state index contributed by atoms with van der Waals surface area (Å²) in [7, 11) is 1.32. The summed E-state index contributed by atoms with van der Waals surface area (Å²) >= 11 is 0. The van der Waals surface area contributed by atoms with Crippen LogP contribution in [0.3, 0.4) is 0 Å². The molecular formula is C9H15NO3. The first-order chi connectivity index (χ1) is 6.20. The van der Waals surface area contributed by atoms with Crippen molar-refractivity contribution in [1.29, 1.82) is 0 Å². The van der Waals surface area contributed by atoms with Gasteiger partial charge in [-0.1, -0.05) is 13.3 Å². The van der Waals surface area contributed by atoms with Crippen LogP contribution in [0.15, 0.2) is 0 Å². The van der Waals surface area contributed by atoms with Gasteiger partial charge in [-0.05, 0) is 12.3 Å². The first-order valence-corrected chi connectivity index (χ1v) is 4.56. The standard InChI is InChI=1S/C9H15NO3/c1-3-4-6-5-10-8(11)7(6)9(12)13-2/h6-7H,3-5H2,1-2H3,(H,10,11)/t6-,7?/m0/s1. The highest BCUT2D eigenvalue weighted by Gasteiger charge is 2.40. The Morgan fingerprint density at radius 1 is 1.69 bits per heavy atom. The van der Waals surface area contributed by atoms with E-state index >= 15 is 0 Å². The average Bonchev–Trinajstić information content (AvgIpc) is 2.47. The van der Waals surface area contributed by atoms with Crippen molar-refractivity contribution in [3.63, 3.8) is 0 Å². The third-order valence-electron chi connectivity index (χ3n) is 2.41. The van der Waals surface area contributed by atoms with Gasteiger partial charge in [0.2, 0.25) is 5.91 Å². The molecule has 0 aliphatic carbocycles. The molecule has 4 nitrogen and oxygen atoms in total. The Morgan fingerprint density at radius 3 is 2.92 bits per heavy atom. The molecule has 0 radical (unpaired) electrons. The lowest BCUT2D eigenvalue weighted by molar-refractivity contribution is -0.150. The molecule has 0 aromatic heterocycles. The number of methoxy groups -OCH3 is 1. The van der Waals surface area contributed by atoms with E-state index in [-0.39, 0.29) is 11.8 Å². The lowest BCUT2D eigenvalue weighted by atomic mass is 9.91. The number of carbonyl (C=O) groups is 2. The lowest BCUT2D eigenvalue weighted by Gasteiger charge is -2.12. The Bertz CT molecular complexity index is 215. The smallest absolute Gasteiger partial charge is 0.318 e. The van der Waals surface area contributed by atoms with Crippen molar-refractivity contribution >= 4 is 11.9 Å². The molecule has 2 atom stereocenters. The van der Waals surface area contributed by atoms with Crippen LogP contribution in [0.25, 0.3) is 0 Å². The fourth-order valence-electron chi connectivity index (χ4n) is 1.74. The number of esters is 1. The topological polar surface area (TPSA) is 55.4 Å². The van der Waals surface area contributed by atoms with Crippen LogP contribution in [-0.2, 0) is 14.3 Å². The number of hydrogen-bond acceptors (Lipinski definition) is 3. The van der Waals surface area contributed by atoms with Gasteiger partial charge >= 0.3 is 5.97 Å². The van der Waals surface area contributed by atoms with E-state index in [0.29, 0.717) is 6.54 Å². The second kappa shape index (κ2) is 4.25. The van der Waals surface area contributed by atoms with E-state index in [1.807, 2.05) is 6.92 Å². The molecule has 1 fully saturated rings. The fourth-order valence-corrected chi connectivity index (χ4v) is 1.74. The number of carbonyl (C=O) groups excluding carboxylic acids is 2. The highest BCUT2D eigenvalue weighted by Crippen LogP contribution is 2.23. The molecule has 1 aliphatic rings. The summed E-state index contributed by atoms with van der Waals surface area (Å²) in [5, 5.41) is 2.68. The second-order valence-corrected chi connectivity index (χ2v) is 3.29. The van der Waals surface area contributed by atoms with Crippen molar-refractivity contribution in [3.8, 4) is 0 Å². The molecule has 4 heteroatoms. The Hall–Kier alpha value is -1.06. The van der Waals surface area contributed by atoms with Crippen LogP contribution in [0.5, 0.6) is 0 Å². The first-order valence-electron chi connectivity index (χ1n) is 4.56. The molecule has 1 N–H and O–H groups in total. The van der Waals surface area contributed by atoms with E-state index in [0.717, 1.165) is 12.8 Å². The average molecular weight is 185 g/mol. The minimum atomic E-state index is -0.579. The quantitative estimate of drug-likeness (QED) is 0.509. The van der Waals surface area contributed by atoms with E-state index in [1.165, 1.54) is 7.11 Å². The normalized spacial score (nSPS) is 27.1. The van der Waals surface area contributed by atoms with Crippen LogP contribution in [0.1, 0.15) is 19.8 Å². The molecular weight excluding hydrogens is 170 g/mol. The lowest BCUT2D eigenvalue weighted by Crippen LogP contribution is -2.28. The molecule has 1 unspecified atom stereocenters. The Labute approximate surface area is 77.6 Å². The Morgan fingerprint density at radius 2 is 2.38 bits per heavy atom. The summed E-state index contributed by atoms with van der Waals surface area (Å²) in [6.45, 7) is 2.64. The second-order valence-electron chi connectivity index (χ2n) is 3.29. The molecule has 1 aliphatic heterocycles. The molecule has 1 amide bonds. The van der Waals surface area contributed by atoms with Crippen LogP contribution < -0.4 is 5.32 Å². The molecule has 0 saturated carbocycles. The van der Waals surface area contributed by atoms with E-state index < -0.39 is 11.9 Å². The molecule has 0 aromatic rings. The van der Waals surface area contributed by atoms with Crippen LogP contribution in [0, 0.1) is 11.8 Å². The SMILES string of the molecule is CCC[C@H]1CNC(=O)C1C(=O)OC. The van der Waals surface area contributed by atoms with Crippen molar-refractivity contribution in [1.82, 2.24) is 5.32 Å². The summed E-state index contributed by atoms with van der Waals surface area (Å²) in [5.41, 5.74) is 0. The molecule has 0 bridgehead atoms. The van der Waals surface area contributed by atoms with Gasteiger partial charge in [0.05, 0.1) is 7.11 Å². The molecule has 1 saturated heterocycles. The maximum atomic E-state index is 11.2. The third-order valence-corrected chi connectivity index (χ3v) is 2.41. The largest absolute Gasteiger partial charge is 0.468 e. The van der Waals surface area contributed by atoms with Crippen molar-refractivity contribution in [2.75, 3.05) is 13.7 Å². The summed E-state index contributed by atoms with van der Waals surface area (Å²) in [6.07, 6.45) is 1.87. The number of nitrogens with one attached hydrogen (secondary N) is 1. The Kier molecular flexibility index (Phi) is 3.28. The predicted molar refractivity (Wildman–Crippen MR) is 46.9 cm³/mol. The summed E-state index contributed by atoms with van der Waals surface area (Å²) in [4.78, 5) is 22.5. The van der Waals surface area contributed by atoms with Crippen LogP contribution in [0.4, 0.5) is 0 Å². The summed E-state index contributed by atoms with van der Waals surface area (Å²) < 4.78 is 4.58. The molecule has 0 aromatic carbocycles. The van der Waals surface area contributed by atoms with Crippen molar-refractivity contribution in [2.45, 2.75) is 19.8 Å². The van der Waals surface area contributed by atoms with Gasteiger partial charge in [0, 0.05) is 6.54 Å². The number of rotatable bonds is 3. The van der Waals surface area contributed by atoms with Gasteiger partial charge in [-0.15, -0.1) is 0 Å². The number of ether oxygens (including phenoxy) is 1. The predicted octanol–water partition coefficient (Wildman–Crippen LogP) is 0.322. The fraction of sp³-hybridized carbons (Fsp3) is 0.778. The van der Waals surface area contributed by atoms with Crippen LogP contribution in [-0.4, -0.2) is 25.5 Å². The van der Waals surface area contributed by atoms with Crippen molar-refractivity contribution < 1.29 is 14.3 Å². The van der Waals surface area contributed by atoms with Crippen molar-refractivity contribution in [3.05, 3.63) is 0 Å². The van der Waals surface area contributed by atoms with Gasteiger partial charge in [0.25, 0.3) is 0 Å². The van der Waals surface area contributed by atoms with Crippen LogP contribution >= 0.6 is 0 Å². The highest BCUT2D eigenvalue weighted by molar-refractivity contribution is 5.99. The maximum Gasteiger partial charge on any atom is 0.318 e. The molecule has 13 heavy (non-hydrogen) atoms. The zero-order valence-electron chi connectivity index (χ0n) is 8.00. The van der Waals surface area contributed by atoms with Gasteiger partial charge in [-0.25, -0.2) is 0 Å². The highest BCUT2D eigenvalue weighted by atomic mass is 16.5. The Balaban J connectivity index is 2.65. The van der Waals surface area contributed by atoms with Gasteiger partial charge in [0.1, 0.15) is 5.92 Å². The molecule has 1 heterocycles. The van der Waals surface area contributed by atoms with E-state index in [2.05, 4.69) is 10.1 Å². The minimum Gasteiger partial charge on any atom is -0.468 e. The van der Waals surface area contributed by atoms with E-state index in [9.17, 15) is 9.59 Å². The van der Waals surface area contributed by atoms with E-state index in [1.54, 1.807) is 0 Å². The monoisotopic (exact) mass is 185 g/mol. The van der Waals surface area contributed by atoms with Crippen LogP contribution in [0.2, 0.25) is 0 Å². The first kappa shape index (κ1) is 10.0. The summed E-state index contributed by atoms with van der Waals surface area (Å²) in [5.74, 6) is -1.06. The third kappa shape index (κ3) is 1.99. The van der Waals surface area contributed by atoms with Crippen molar-refractivity contribution in [2.24, 2.45) is 11.8 Å². The number of hydrogen-bond donors (Lipinski definition) is 1. The zero-order chi connectivity index (χ0) is 9.84. The minimum absolute atomic E-state index is 0.116. The van der Waals surface area contributed by atoms with Gasteiger partial charge in [-0.2, -0.15) is 0 Å². The maximum absolute atomic E-state index is 11.2. The number of amides is 1. The summed E-state index contributed by atoms with van der Waals surface area (Å²) in [6, 6.07) is 0. The zero-order valence-corrected chi connectivity index (χ0v) is 8.00.